The van der Waals surface area contributed by atoms with Crippen molar-refractivity contribution in [1.82, 2.24) is 9.78 Å². The maximum atomic E-state index is 13.9. The second-order valence-corrected chi connectivity index (χ2v) is 9.77. The average Bonchev–Trinajstić information content (AvgIpc) is 3.54. The Hall–Kier alpha value is -3.34. The van der Waals surface area contributed by atoms with Gasteiger partial charge in [-0.25, -0.2) is 4.68 Å². The van der Waals surface area contributed by atoms with Crippen LogP contribution in [0.25, 0.3) is 0 Å². The zero-order valence-corrected chi connectivity index (χ0v) is 20.1. The van der Waals surface area contributed by atoms with Gasteiger partial charge in [-0.3, -0.25) is 4.79 Å². The van der Waals surface area contributed by atoms with Gasteiger partial charge in [0, 0.05) is 27.6 Å². The molecule has 2 aromatic carbocycles. The standard InChI is InChI=1S/C25H20ClF3N4O2S/c26-15-8-9-18(16(11-15)22(34)14-5-2-1-3-6-14)32-24(35)17-13-30-33-21(25(27,28)29)12-19(31-23(17)33)20-7-4-10-36-20/h1-11,13,19,21-22,31,34H,12H2,(H,32,35)/t19-,21-,22-/m1/s1. The summed E-state index contributed by atoms with van der Waals surface area (Å²) < 4.78 is 42.5. The van der Waals surface area contributed by atoms with Crippen LogP contribution >= 0.6 is 22.9 Å². The van der Waals surface area contributed by atoms with Crippen molar-refractivity contribution in [3.63, 3.8) is 0 Å². The van der Waals surface area contributed by atoms with Crippen LogP contribution < -0.4 is 10.6 Å². The summed E-state index contributed by atoms with van der Waals surface area (Å²) in [4.78, 5) is 14.0. The quantitative estimate of drug-likeness (QED) is 0.271. The Morgan fingerprint density at radius 2 is 1.97 bits per heavy atom. The summed E-state index contributed by atoms with van der Waals surface area (Å²) in [5.41, 5.74) is 1.17. The molecule has 3 atom stereocenters. The number of halogens is 4. The highest BCUT2D eigenvalue weighted by Gasteiger charge is 2.47. The van der Waals surface area contributed by atoms with E-state index in [0.29, 0.717) is 16.1 Å². The molecule has 3 N–H and O–H groups in total. The molecule has 0 unspecified atom stereocenters. The fourth-order valence-electron chi connectivity index (χ4n) is 4.28. The molecular weight excluding hydrogens is 513 g/mol. The van der Waals surface area contributed by atoms with Gasteiger partial charge in [0.1, 0.15) is 17.5 Å². The molecule has 186 valence electrons. The fraction of sp³-hybridized carbons (Fsp3) is 0.200. The number of rotatable bonds is 5. The number of amides is 1. The third-order valence-corrected chi connectivity index (χ3v) is 7.26. The first-order valence-electron chi connectivity index (χ1n) is 11.0. The minimum atomic E-state index is -4.55. The third-order valence-electron chi connectivity index (χ3n) is 6.04. The number of anilines is 2. The number of hydrogen-bond donors (Lipinski definition) is 3. The summed E-state index contributed by atoms with van der Waals surface area (Å²) in [5.74, 6) is -0.682. The molecule has 2 aromatic heterocycles. The molecule has 3 heterocycles. The number of nitrogens with one attached hydrogen (secondary N) is 2. The highest BCUT2D eigenvalue weighted by molar-refractivity contribution is 7.10. The molecule has 0 saturated heterocycles. The van der Waals surface area contributed by atoms with Crippen LogP contribution in [0.4, 0.5) is 24.7 Å². The monoisotopic (exact) mass is 532 g/mol. The second-order valence-electron chi connectivity index (χ2n) is 8.36. The van der Waals surface area contributed by atoms with Gasteiger partial charge in [-0.1, -0.05) is 48.0 Å². The molecule has 0 bridgehead atoms. The van der Waals surface area contributed by atoms with Crippen LogP contribution in [0.15, 0.2) is 72.2 Å². The van der Waals surface area contributed by atoms with Crippen LogP contribution in [-0.4, -0.2) is 27.0 Å². The lowest BCUT2D eigenvalue weighted by molar-refractivity contribution is -0.173. The van der Waals surface area contributed by atoms with E-state index in [0.717, 1.165) is 15.8 Å². The van der Waals surface area contributed by atoms with Gasteiger partial charge in [-0.15, -0.1) is 11.3 Å². The number of benzene rings is 2. The average molecular weight is 533 g/mol. The highest BCUT2D eigenvalue weighted by Crippen LogP contribution is 2.45. The molecule has 0 radical (unpaired) electrons. The number of carbonyl (C=O) groups is 1. The lowest BCUT2D eigenvalue weighted by Crippen LogP contribution is -2.36. The predicted molar refractivity (Wildman–Crippen MR) is 133 cm³/mol. The van der Waals surface area contributed by atoms with Gasteiger partial charge in [0.25, 0.3) is 5.91 Å². The summed E-state index contributed by atoms with van der Waals surface area (Å²) in [7, 11) is 0. The largest absolute Gasteiger partial charge is 0.410 e. The Labute approximate surface area is 213 Å². The molecule has 5 rings (SSSR count). The zero-order valence-electron chi connectivity index (χ0n) is 18.5. The number of thiophene rings is 1. The third kappa shape index (κ3) is 4.71. The van der Waals surface area contributed by atoms with E-state index in [2.05, 4.69) is 15.7 Å². The molecule has 0 fully saturated rings. The fourth-order valence-corrected chi connectivity index (χ4v) is 5.25. The minimum Gasteiger partial charge on any atom is -0.384 e. The number of alkyl halides is 3. The number of aliphatic hydroxyl groups is 1. The van der Waals surface area contributed by atoms with E-state index >= 15 is 0 Å². The van der Waals surface area contributed by atoms with Crippen molar-refractivity contribution in [2.75, 3.05) is 10.6 Å². The first-order valence-corrected chi connectivity index (χ1v) is 12.3. The van der Waals surface area contributed by atoms with Gasteiger partial charge in [-0.05, 0) is 35.2 Å². The van der Waals surface area contributed by atoms with Crippen molar-refractivity contribution in [2.45, 2.75) is 30.8 Å². The van der Waals surface area contributed by atoms with Crippen molar-refractivity contribution in [1.29, 1.82) is 0 Å². The number of aromatic nitrogens is 2. The van der Waals surface area contributed by atoms with Crippen molar-refractivity contribution in [2.24, 2.45) is 0 Å². The normalized spacial score (nSPS) is 18.2. The molecule has 6 nitrogen and oxygen atoms in total. The molecule has 0 saturated carbocycles. The van der Waals surface area contributed by atoms with Gasteiger partial charge in [-0.2, -0.15) is 18.3 Å². The van der Waals surface area contributed by atoms with Crippen molar-refractivity contribution in [3.05, 3.63) is 98.8 Å². The van der Waals surface area contributed by atoms with Crippen LogP contribution in [-0.2, 0) is 0 Å². The highest BCUT2D eigenvalue weighted by atomic mass is 35.5. The van der Waals surface area contributed by atoms with Gasteiger partial charge < -0.3 is 15.7 Å². The second kappa shape index (κ2) is 9.61. The maximum absolute atomic E-state index is 13.9. The Morgan fingerprint density at radius 3 is 2.67 bits per heavy atom. The molecule has 36 heavy (non-hydrogen) atoms. The van der Waals surface area contributed by atoms with E-state index in [1.165, 1.54) is 23.5 Å². The van der Waals surface area contributed by atoms with Gasteiger partial charge in [0.05, 0.1) is 12.2 Å². The maximum Gasteiger partial charge on any atom is 0.410 e. The van der Waals surface area contributed by atoms with Crippen molar-refractivity contribution < 1.29 is 23.1 Å². The predicted octanol–water partition coefficient (Wildman–Crippen LogP) is 6.59. The Bertz CT molecular complexity index is 1380. The molecule has 4 aromatic rings. The first kappa shape index (κ1) is 24.4. The molecule has 1 aliphatic rings. The molecule has 1 amide bonds. The molecule has 1 aliphatic heterocycles. The Balaban J connectivity index is 1.48. The van der Waals surface area contributed by atoms with Crippen LogP contribution in [0.3, 0.4) is 0 Å². The topological polar surface area (TPSA) is 79.2 Å². The summed E-state index contributed by atoms with van der Waals surface area (Å²) in [6, 6.07) is 14.5. The van der Waals surface area contributed by atoms with Crippen molar-refractivity contribution >= 4 is 40.4 Å². The number of nitrogens with zero attached hydrogens (tertiary/aromatic N) is 2. The Kier molecular flexibility index (Phi) is 6.50. The minimum absolute atomic E-state index is 0.0152. The summed E-state index contributed by atoms with van der Waals surface area (Å²) >= 11 is 7.49. The van der Waals surface area contributed by atoms with E-state index < -0.39 is 30.3 Å². The molecule has 0 aliphatic carbocycles. The number of hydrogen-bond acceptors (Lipinski definition) is 5. The zero-order chi connectivity index (χ0) is 25.4. The van der Waals surface area contributed by atoms with Crippen LogP contribution in [0, 0.1) is 0 Å². The van der Waals surface area contributed by atoms with Crippen molar-refractivity contribution in [3.8, 4) is 0 Å². The number of aliphatic hydroxyl groups excluding tert-OH is 1. The number of fused-ring (bicyclic) bond motifs is 1. The summed E-state index contributed by atoms with van der Waals surface area (Å²) in [6.07, 6.45) is -4.76. The van der Waals surface area contributed by atoms with E-state index in [4.69, 9.17) is 11.6 Å². The first-order chi connectivity index (χ1) is 17.2. The van der Waals surface area contributed by atoms with Gasteiger partial charge in [0.2, 0.25) is 0 Å². The molecule has 11 heteroatoms. The van der Waals surface area contributed by atoms with Crippen LogP contribution in [0.5, 0.6) is 0 Å². The van der Waals surface area contributed by atoms with E-state index in [-0.39, 0.29) is 23.5 Å². The van der Waals surface area contributed by atoms with E-state index in [1.54, 1.807) is 47.8 Å². The van der Waals surface area contributed by atoms with Gasteiger partial charge >= 0.3 is 6.18 Å². The molecular formula is C25H20ClF3N4O2S. The van der Waals surface area contributed by atoms with E-state index in [9.17, 15) is 23.1 Å². The van der Waals surface area contributed by atoms with E-state index in [1.807, 2.05) is 6.07 Å². The van der Waals surface area contributed by atoms with Crippen LogP contribution in [0.2, 0.25) is 5.02 Å². The Morgan fingerprint density at radius 1 is 1.19 bits per heavy atom. The lowest BCUT2D eigenvalue weighted by atomic mass is 9.99. The summed E-state index contributed by atoms with van der Waals surface area (Å²) in [6.45, 7) is 0. The summed E-state index contributed by atoms with van der Waals surface area (Å²) in [5, 5.41) is 22.8. The van der Waals surface area contributed by atoms with Crippen LogP contribution in [0.1, 0.15) is 51.0 Å². The lowest BCUT2D eigenvalue weighted by Gasteiger charge is -2.33. The van der Waals surface area contributed by atoms with Gasteiger partial charge in [0.15, 0.2) is 6.04 Å². The smallest absolute Gasteiger partial charge is 0.384 e. The number of carbonyl (C=O) groups excluding carboxylic acids is 1. The SMILES string of the molecule is O=C(Nc1ccc(Cl)cc1[C@H](O)c1ccccc1)c1cnn2c1N[C@@H](c1cccs1)C[C@@H]2C(F)(F)F. The molecule has 0 spiro atoms.